The molecule has 22 heavy (non-hydrogen) atoms. The Kier molecular flexibility index (Phi) is 4.32. The monoisotopic (exact) mass is 301 g/mol. The molecule has 2 aromatic rings. The number of ether oxygens (including phenoxy) is 1. The largest absolute Gasteiger partial charge is 0.475 e. The summed E-state index contributed by atoms with van der Waals surface area (Å²) < 4.78 is 19.5. The third kappa shape index (κ3) is 3.17. The lowest BCUT2D eigenvalue weighted by Crippen LogP contribution is -2.06. The number of halogens is 1. The van der Waals surface area contributed by atoms with Gasteiger partial charge < -0.3 is 4.74 Å². The van der Waals surface area contributed by atoms with Crippen molar-refractivity contribution in [3.63, 3.8) is 0 Å². The summed E-state index contributed by atoms with van der Waals surface area (Å²) in [6.07, 6.45) is 1.31. The maximum absolute atomic E-state index is 14.1. The van der Waals surface area contributed by atoms with Crippen LogP contribution in [0.3, 0.4) is 0 Å². The van der Waals surface area contributed by atoms with E-state index in [0.29, 0.717) is 11.4 Å². The number of rotatable bonds is 4. The number of hydrogen-bond acceptors (Lipinski definition) is 5. The molecule has 0 atom stereocenters. The molecule has 0 aliphatic rings. The van der Waals surface area contributed by atoms with E-state index >= 15 is 0 Å². The van der Waals surface area contributed by atoms with Crippen LogP contribution >= 0.6 is 0 Å². The van der Waals surface area contributed by atoms with Gasteiger partial charge in [0.15, 0.2) is 0 Å². The molecule has 0 N–H and O–H groups in total. The van der Waals surface area contributed by atoms with E-state index in [4.69, 9.17) is 10.00 Å². The number of nitriles is 1. The second-order valence-corrected chi connectivity index (χ2v) is 4.77. The summed E-state index contributed by atoms with van der Waals surface area (Å²) in [5, 5.41) is 19.8. The van der Waals surface area contributed by atoms with Crippen molar-refractivity contribution < 1.29 is 14.1 Å². The zero-order chi connectivity index (χ0) is 16.3. The molecule has 0 amide bonds. The van der Waals surface area contributed by atoms with Gasteiger partial charge in [0.1, 0.15) is 11.9 Å². The van der Waals surface area contributed by atoms with Gasteiger partial charge in [-0.25, -0.2) is 9.37 Å². The summed E-state index contributed by atoms with van der Waals surface area (Å²) in [6, 6.07) is 6.70. The molecule has 0 unspecified atom stereocenters. The van der Waals surface area contributed by atoms with E-state index in [2.05, 4.69) is 4.98 Å². The molecule has 0 aliphatic heterocycles. The SMILES string of the molecule is CC(C)Oc1ccc(-c2c(F)cc([N+](=O)[O-])cc2C#N)cn1. The van der Waals surface area contributed by atoms with Crippen LogP contribution in [0, 0.1) is 27.3 Å². The predicted octanol–water partition coefficient (Wildman–Crippen LogP) is 3.45. The van der Waals surface area contributed by atoms with Crippen LogP contribution in [0.15, 0.2) is 30.5 Å². The van der Waals surface area contributed by atoms with Crippen molar-refractivity contribution in [2.45, 2.75) is 20.0 Å². The standard InChI is InChI=1S/C15H12FN3O3/c1-9(2)22-14-4-3-10(8-18-14)15-11(7-17)5-12(19(20)21)6-13(15)16/h3-6,8-9H,1-2H3. The van der Waals surface area contributed by atoms with Gasteiger partial charge in [-0.15, -0.1) is 0 Å². The highest BCUT2D eigenvalue weighted by atomic mass is 19.1. The lowest BCUT2D eigenvalue weighted by Gasteiger charge is -2.10. The third-order valence-electron chi connectivity index (χ3n) is 2.79. The maximum atomic E-state index is 14.1. The minimum Gasteiger partial charge on any atom is -0.475 e. The highest BCUT2D eigenvalue weighted by Gasteiger charge is 2.18. The normalized spacial score (nSPS) is 10.3. The number of pyridine rings is 1. The van der Waals surface area contributed by atoms with Crippen molar-refractivity contribution in [2.75, 3.05) is 0 Å². The summed E-state index contributed by atoms with van der Waals surface area (Å²) in [5.41, 5.74) is -0.256. The van der Waals surface area contributed by atoms with E-state index < -0.39 is 16.4 Å². The van der Waals surface area contributed by atoms with Crippen LogP contribution in [0.25, 0.3) is 11.1 Å². The first-order valence-electron chi connectivity index (χ1n) is 6.43. The fourth-order valence-corrected chi connectivity index (χ4v) is 1.92. The zero-order valence-corrected chi connectivity index (χ0v) is 11.9. The Labute approximate surface area is 125 Å². The number of nitro benzene ring substituents is 1. The highest BCUT2D eigenvalue weighted by molar-refractivity contribution is 5.72. The first-order chi connectivity index (χ1) is 10.4. The van der Waals surface area contributed by atoms with Crippen LogP contribution in [-0.4, -0.2) is 16.0 Å². The fraction of sp³-hybridized carbons (Fsp3) is 0.200. The smallest absolute Gasteiger partial charge is 0.273 e. The highest BCUT2D eigenvalue weighted by Crippen LogP contribution is 2.30. The minimum absolute atomic E-state index is 0.0169. The van der Waals surface area contributed by atoms with Crippen LogP contribution in [0.1, 0.15) is 19.4 Å². The van der Waals surface area contributed by atoms with Crippen LogP contribution in [0.5, 0.6) is 5.88 Å². The number of aromatic nitrogens is 1. The van der Waals surface area contributed by atoms with Gasteiger partial charge in [0.25, 0.3) is 5.69 Å². The van der Waals surface area contributed by atoms with Gasteiger partial charge in [0, 0.05) is 29.5 Å². The van der Waals surface area contributed by atoms with Crippen molar-refractivity contribution in [1.29, 1.82) is 5.26 Å². The van der Waals surface area contributed by atoms with Crippen LogP contribution in [0.2, 0.25) is 0 Å². The fourth-order valence-electron chi connectivity index (χ4n) is 1.92. The Balaban J connectivity index is 2.48. The Morgan fingerprint density at radius 2 is 2.14 bits per heavy atom. The second kappa shape index (κ2) is 6.18. The molecule has 0 spiro atoms. The molecular formula is C15H12FN3O3. The number of benzene rings is 1. The first-order valence-corrected chi connectivity index (χ1v) is 6.43. The molecule has 0 saturated heterocycles. The molecule has 6 nitrogen and oxygen atoms in total. The van der Waals surface area contributed by atoms with Gasteiger partial charge in [0.2, 0.25) is 5.88 Å². The maximum Gasteiger partial charge on any atom is 0.273 e. The molecule has 1 heterocycles. The zero-order valence-electron chi connectivity index (χ0n) is 11.9. The molecule has 2 rings (SSSR count). The van der Waals surface area contributed by atoms with Gasteiger partial charge in [-0.2, -0.15) is 5.26 Å². The van der Waals surface area contributed by atoms with Crippen molar-refractivity contribution in [2.24, 2.45) is 0 Å². The van der Waals surface area contributed by atoms with E-state index in [1.165, 1.54) is 6.20 Å². The molecule has 112 valence electrons. The Hall–Kier alpha value is -3.01. The van der Waals surface area contributed by atoms with Crippen molar-refractivity contribution in [3.8, 4) is 23.1 Å². The van der Waals surface area contributed by atoms with E-state index in [1.54, 1.807) is 18.2 Å². The van der Waals surface area contributed by atoms with Gasteiger partial charge in [-0.3, -0.25) is 10.1 Å². The van der Waals surface area contributed by atoms with Crippen LogP contribution < -0.4 is 4.74 Å². The van der Waals surface area contributed by atoms with Crippen molar-refractivity contribution in [1.82, 2.24) is 4.98 Å². The quantitative estimate of drug-likeness (QED) is 0.637. The molecule has 0 bridgehead atoms. The number of nitro groups is 1. The van der Waals surface area contributed by atoms with Gasteiger partial charge in [0.05, 0.1) is 22.7 Å². The number of nitrogens with zero attached hydrogens (tertiary/aromatic N) is 3. The van der Waals surface area contributed by atoms with Gasteiger partial charge in [-0.1, -0.05) is 0 Å². The predicted molar refractivity (Wildman–Crippen MR) is 76.8 cm³/mol. The summed E-state index contributed by atoms with van der Waals surface area (Å²) >= 11 is 0. The Bertz CT molecular complexity index is 752. The lowest BCUT2D eigenvalue weighted by molar-refractivity contribution is -0.385. The average molecular weight is 301 g/mol. The molecule has 7 heteroatoms. The molecule has 0 aliphatic carbocycles. The van der Waals surface area contributed by atoms with E-state index in [9.17, 15) is 14.5 Å². The summed E-state index contributed by atoms with van der Waals surface area (Å²) in [5.74, 6) is -0.468. The third-order valence-corrected chi connectivity index (χ3v) is 2.79. The minimum atomic E-state index is -0.843. The Morgan fingerprint density at radius 1 is 1.41 bits per heavy atom. The van der Waals surface area contributed by atoms with Gasteiger partial charge >= 0.3 is 0 Å². The molecule has 0 radical (unpaired) electrons. The lowest BCUT2D eigenvalue weighted by atomic mass is 10.0. The van der Waals surface area contributed by atoms with Crippen LogP contribution in [-0.2, 0) is 0 Å². The summed E-state index contributed by atoms with van der Waals surface area (Å²) in [4.78, 5) is 14.0. The summed E-state index contributed by atoms with van der Waals surface area (Å²) in [6.45, 7) is 3.69. The van der Waals surface area contributed by atoms with E-state index in [0.717, 1.165) is 12.1 Å². The topological polar surface area (TPSA) is 89.0 Å². The molecule has 0 saturated carbocycles. The molecule has 1 aromatic heterocycles. The molecule has 1 aromatic carbocycles. The Morgan fingerprint density at radius 3 is 2.64 bits per heavy atom. The van der Waals surface area contributed by atoms with Crippen LogP contribution in [0.4, 0.5) is 10.1 Å². The van der Waals surface area contributed by atoms with E-state index in [-0.39, 0.29) is 17.2 Å². The first kappa shape index (κ1) is 15.4. The van der Waals surface area contributed by atoms with Gasteiger partial charge in [-0.05, 0) is 19.9 Å². The molecule has 0 fully saturated rings. The average Bonchev–Trinajstić information content (AvgIpc) is 2.46. The second-order valence-electron chi connectivity index (χ2n) is 4.77. The number of hydrogen-bond donors (Lipinski definition) is 0. The molecular weight excluding hydrogens is 289 g/mol. The van der Waals surface area contributed by atoms with Crippen molar-refractivity contribution >= 4 is 5.69 Å². The van der Waals surface area contributed by atoms with Crippen molar-refractivity contribution in [3.05, 3.63) is 52.0 Å². The number of non-ortho nitro benzene ring substituents is 1. The summed E-state index contributed by atoms with van der Waals surface area (Å²) in [7, 11) is 0. The van der Waals surface area contributed by atoms with E-state index in [1.807, 2.05) is 13.8 Å².